The summed E-state index contributed by atoms with van der Waals surface area (Å²) in [4.78, 5) is 16.2. The predicted molar refractivity (Wildman–Crippen MR) is 85.0 cm³/mol. The van der Waals surface area contributed by atoms with E-state index in [0.717, 1.165) is 5.56 Å². The summed E-state index contributed by atoms with van der Waals surface area (Å²) in [5.74, 6) is -0.0916. The second-order valence-electron chi connectivity index (χ2n) is 5.24. The number of hydrogen-bond donors (Lipinski definition) is 0. The van der Waals surface area contributed by atoms with Gasteiger partial charge in [0.2, 0.25) is 11.7 Å². The Morgan fingerprint density at radius 1 is 0.920 bits per heavy atom. The van der Waals surface area contributed by atoms with Gasteiger partial charge in [-0.15, -0.1) is 0 Å². The van der Waals surface area contributed by atoms with Crippen LogP contribution in [0, 0.1) is 5.82 Å². The number of nitrogens with zero attached hydrogens (tertiary/aromatic N) is 4. The van der Waals surface area contributed by atoms with E-state index in [0.29, 0.717) is 17.2 Å². The lowest BCUT2D eigenvalue weighted by atomic mass is 10.2. The van der Waals surface area contributed by atoms with Crippen LogP contribution in [-0.2, 0) is 6.54 Å². The summed E-state index contributed by atoms with van der Waals surface area (Å²) in [5, 5.41) is 7.65. The van der Waals surface area contributed by atoms with Gasteiger partial charge in [0, 0.05) is 11.1 Å². The van der Waals surface area contributed by atoms with Crippen LogP contribution < -0.4 is 5.76 Å². The average Bonchev–Trinajstić information content (AvgIpc) is 3.24. The minimum absolute atomic E-state index is 0.0146. The van der Waals surface area contributed by atoms with E-state index >= 15 is 0 Å². The second kappa shape index (κ2) is 6.16. The Kier molecular flexibility index (Phi) is 3.70. The summed E-state index contributed by atoms with van der Waals surface area (Å²) in [6, 6.07) is 14.9. The molecule has 0 radical (unpaired) electrons. The summed E-state index contributed by atoms with van der Waals surface area (Å²) in [6.45, 7) is 0.0146. The maximum atomic E-state index is 13.0. The maximum absolute atomic E-state index is 13.0. The van der Waals surface area contributed by atoms with Crippen molar-refractivity contribution in [2.24, 2.45) is 0 Å². The molecule has 0 spiro atoms. The monoisotopic (exact) mass is 338 g/mol. The van der Waals surface area contributed by atoms with Crippen LogP contribution in [0.1, 0.15) is 5.89 Å². The third-order valence-corrected chi connectivity index (χ3v) is 3.58. The molecule has 0 aliphatic rings. The first-order valence-electron chi connectivity index (χ1n) is 7.41. The molecule has 0 saturated carbocycles. The van der Waals surface area contributed by atoms with Crippen molar-refractivity contribution >= 4 is 0 Å². The van der Waals surface area contributed by atoms with Gasteiger partial charge in [0.05, 0.1) is 0 Å². The molecule has 0 N–H and O–H groups in total. The van der Waals surface area contributed by atoms with E-state index in [9.17, 15) is 9.18 Å². The van der Waals surface area contributed by atoms with Crippen LogP contribution in [0.25, 0.3) is 22.8 Å². The van der Waals surface area contributed by atoms with Crippen LogP contribution in [0.3, 0.4) is 0 Å². The Bertz CT molecular complexity index is 1050. The molecule has 8 heteroatoms. The fourth-order valence-electron chi connectivity index (χ4n) is 2.37. The molecule has 0 aliphatic heterocycles. The Morgan fingerprint density at radius 3 is 2.44 bits per heavy atom. The highest BCUT2D eigenvalue weighted by atomic mass is 19.1. The number of halogens is 1. The molecule has 0 fully saturated rings. The van der Waals surface area contributed by atoms with Crippen molar-refractivity contribution in [3.8, 4) is 22.8 Å². The van der Waals surface area contributed by atoms with Crippen LogP contribution >= 0.6 is 0 Å². The normalized spacial score (nSPS) is 10.9. The van der Waals surface area contributed by atoms with Crippen molar-refractivity contribution in [3.63, 3.8) is 0 Å². The predicted octanol–water partition coefficient (Wildman–Crippen LogP) is 2.74. The van der Waals surface area contributed by atoms with Crippen molar-refractivity contribution in [2.45, 2.75) is 6.54 Å². The maximum Gasteiger partial charge on any atom is 0.442 e. The van der Waals surface area contributed by atoms with Crippen molar-refractivity contribution in [1.29, 1.82) is 0 Å². The van der Waals surface area contributed by atoms with Crippen LogP contribution in [-0.4, -0.2) is 19.9 Å². The summed E-state index contributed by atoms with van der Waals surface area (Å²) in [6.07, 6.45) is 0. The summed E-state index contributed by atoms with van der Waals surface area (Å²) in [5.41, 5.74) is 1.34. The first-order valence-corrected chi connectivity index (χ1v) is 7.41. The molecule has 7 nitrogen and oxygen atoms in total. The number of benzene rings is 2. The van der Waals surface area contributed by atoms with Crippen LogP contribution in [0.15, 0.2) is 68.4 Å². The molecule has 2 aromatic heterocycles. The largest absolute Gasteiger partial charge is 0.442 e. The van der Waals surface area contributed by atoms with E-state index < -0.39 is 5.76 Å². The van der Waals surface area contributed by atoms with E-state index in [1.54, 1.807) is 12.1 Å². The summed E-state index contributed by atoms with van der Waals surface area (Å²) >= 11 is 0. The molecule has 0 amide bonds. The molecule has 124 valence electrons. The molecule has 4 aromatic rings. The smallest absolute Gasteiger partial charge is 0.337 e. The van der Waals surface area contributed by atoms with Gasteiger partial charge in [0.1, 0.15) is 12.4 Å². The Hall–Kier alpha value is -3.55. The quantitative estimate of drug-likeness (QED) is 0.569. The lowest BCUT2D eigenvalue weighted by Crippen LogP contribution is -2.16. The summed E-state index contributed by atoms with van der Waals surface area (Å²) < 4.78 is 24.2. The molecular formula is C17H11FN4O3. The fraction of sp³-hybridized carbons (Fsp3) is 0.0588. The minimum Gasteiger partial charge on any atom is -0.337 e. The highest BCUT2D eigenvalue weighted by molar-refractivity contribution is 5.55. The van der Waals surface area contributed by atoms with Gasteiger partial charge in [-0.05, 0) is 24.3 Å². The Labute approximate surface area is 140 Å². The van der Waals surface area contributed by atoms with E-state index in [1.165, 1.54) is 16.7 Å². The highest BCUT2D eigenvalue weighted by Crippen LogP contribution is 2.18. The van der Waals surface area contributed by atoms with Crippen LogP contribution in [0.2, 0.25) is 0 Å². The van der Waals surface area contributed by atoms with Gasteiger partial charge in [-0.2, -0.15) is 4.98 Å². The second-order valence-corrected chi connectivity index (χ2v) is 5.24. The molecule has 0 bridgehead atoms. The van der Waals surface area contributed by atoms with Gasteiger partial charge in [0.25, 0.3) is 0 Å². The van der Waals surface area contributed by atoms with E-state index in [4.69, 9.17) is 9.05 Å². The third-order valence-electron chi connectivity index (χ3n) is 3.58. The number of rotatable bonds is 4. The standard InChI is InChI=1S/C17H11FN4O3/c18-13-8-6-11(7-9-13)15-19-14(24-20-15)10-22-16(21-25-17(22)23)12-4-2-1-3-5-12/h1-9H,10H2. The van der Waals surface area contributed by atoms with Crippen molar-refractivity contribution in [3.05, 3.63) is 76.9 Å². The molecule has 0 atom stereocenters. The number of aromatic nitrogens is 4. The van der Waals surface area contributed by atoms with Gasteiger partial charge in [-0.3, -0.25) is 4.52 Å². The topological polar surface area (TPSA) is 87.0 Å². The minimum atomic E-state index is -0.625. The Morgan fingerprint density at radius 2 is 1.68 bits per heavy atom. The van der Waals surface area contributed by atoms with Crippen molar-refractivity contribution in [2.75, 3.05) is 0 Å². The molecule has 0 aliphatic carbocycles. The molecular weight excluding hydrogens is 327 g/mol. The zero-order valence-corrected chi connectivity index (χ0v) is 12.8. The van der Waals surface area contributed by atoms with Crippen molar-refractivity contribution < 1.29 is 13.4 Å². The third kappa shape index (κ3) is 2.97. The van der Waals surface area contributed by atoms with E-state index in [1.807, 2.05) is 30.3 Å². The Balaban J connectivity index is 1.65. The zero-order chi connectivity index (χ0) is 17.2. The SMILES string of the molecule is O=c1onc(-c2ccccc2)n1Cc1nc(-c2ccc(F)cc2)no1. The molecule has 4 rings (SSSR count). The molecule has 2 heterocycles. The molecule has 0 unspecified atom stereocenters. The lowest BCUT2D eigenvalue weighted by molar-refractivity contribution is 0.354. The zero-order valence-electron chi connectivity index (χ0n) is 12.8. The van der Waals surface area contributed by atoms with Gasteiger partial charge in [-0.25, -0.2) is 13.8 Å². The first kappa shape index (κ1) is 15.0. The molecule has 2 aromatic carbocycles. The van der Waals surface area contributed by atoms with Gasteiger partial charge < -0.3 is 4.52 Å². The first-order chi connectivity index (χ1) is 12.2. The molecule has 0 saturated heterocycles. The number of hydrogen-bond acceptors (Lipinski definition) is 6. The van der Waals surface area contributed by atoms with E-state index in [2.05, 4.69) is 15.3 Å². The fourth-order valence-corrected chi connectivity index (χ4v) is 2.37. The highest BCUT2D eigenvalue weighted by Gasteiger charge is 2.16. The summed E-state index contributed by atoms with van der Waals surface area (Å²) in [7, 11) is 0. The van der Waals surface area contributed by atoms with Crippen LogP contribution in [0.4, 0.5) is 4.39 Å². The lowest BCUT2D eigenvalue weighted by Gasteiger charge is -2.00. The average molecular weight is 338 g/mol. The van der Waals surface area contributed by atoms with Gasteiger partial charge in [0.15, 0.2) is 5.82 Å². The van der Waals surface area contributed by atoms with Crippen molar-refractivity contribution in [1.82, 2.24) is 19.9 Å². The van der Waals surface area contributed by atoms with E-state index in [-0.39, 0.29) is 18.3 Å². The van der Waals surface area contributed by atoms with Gasteiger partial charge >= 0.3 is 5.76 Å². The van der Waals surface area contributed by atoms with Crippen LogP contribution in [0.5, 0.6) is 0 Å². The van der Waals surface area contributed by atoms with Gasteiger partial charge in [-0.1, -0.05) is 40.6 Å². The molecule has 25 heavy (non-hydrogen) atoms.